The number of benzene rings is 1. The van der Waals surface area contributed by atoms with Crippen molar-refractivity contribution in [2.24, 2.45) is 0 Å². The number of para-hydroxylation sites is 1. The first-order valence-corrected chi connectivity index (χ1v) is 5.09. The molecule has 0 aliphatic rings. The molecule has 0 N–H and O–H groups in total. The first-order chi connectivity index (χ1) is 7.22. The summed E-state index contributed by atoms with van der Waals surface area (Å²) in [4.78, 5) is 10.9. The third-order valence-electron chi connectivity index (χ3n) is 1.85. The molecular weight excluding hydrogens is 192 g/mol. The average Bonchev–Trinajstić information content (AvgIpc) is 2.27. The third kappa shape index (κ3) is 4.49. The summed E-state index contributed by atoms with van der Waals surface area (Å²) >= 11 is 0. The first kappa shape index (κ1) is 11.6. The maximum atomic E-state index is 10.9. The van der Waals surface area contributed by atoms with Crippen LogP contribution in [0.5, 0.6) is 5.75 Å². The predicted octanol–water partition coefficient (Wildman–Crippen LogP) is 2.41. The van der Waals surface area contributed by atoms with Crippen molar-refractivity contribution < 1.29 is 14.3 Å². The van der Waals surface area contributed by atoms with Crippen LogP contribution in [0.2, 0.25) is 0 Å². The lowest BCUT2D eigenvalue weighted by Gasteiger charge is -2.14. The van der Waals surface area contributed by atoms with Crippen LogP contribution in [0.1, 0.15) is 20.3 Å². The van der Waals surface area contributed by atoms with Gasteiger partial charge in [-0.3, -0.25) is 4.79 Å². The van der Waals surface area contributed by atoms with Crippen LogP contribution in [0.3, 0.4) is 0 Å². The Morgan fingerprint density at radius 3 is 2.60 bits per heavy atom. The van der Waals surface area contributed by atoms with E-state index in [4.69, 9.17) is 9.47 Å². The molecule has 0 unspecified atom stereocenters. The molecule has 0 radical (unpaired) electrons. The molecule has 0 saturated carbocycles. The lowest BCUT2D eigenvalue weighted by Crippen LogP contribution is -2.21. The molecule has 82 valence electrons. The van der Waals surface area contributed by atoms with E-state index in [1.54, 1.807) is 6.92 Å². The van der Waals surface area contributed by atoms with Crippen LogP contribution in [0.25, 0.3) is 0 Å². The number of carbonyl (C=O) groups excluding carboxylic acids is 1. The Morgan fingerprint density at radius 2 is 2.00 bits per heavy atom. The molecule has 1 aromatic rings. The van der Waals surface area contributed by atoms with Crippen molar-refractivity contribution in [2.45, 2.75) is 26.4 Å². The van der Waals surface area contributed by atoms with Gasteiger partial charge >= 0.3 is 5.97 Å². The zero-order valence-corrected chi connectivity index (χ0v) is 9.10. The quantitative estimate of drug-likeness (QED) is 0.697. The van der Waals surface area contributed by atoms with Gasteiger partial charge in [-0.1, -0.05) is 25.1 Å². The topological polar surface area (TPSA) is 35.5 Å². The Hall–Kier alpha value is -1.51. The van der Waals surface area contributed by atoms with E-state index in [1.165, 1.54) is 0 Å². The van der Waals surface area contributed by atoms with Gasteiger partial charge < -0.3 is 9.47 Å². The second-order valence-corrected chi connectivity index (χ2v) is 3.28. The zero-order valence-electron chi connectivity index (χ0n) is 9.10. The number of ether oxygens (including phenoxy) is 2. The highest BCUT2D eigenvalue weighted by Crippen LogP contribution is 2.10. The van der Waals surface area contributed by atoms with Crippen molar-refractivity contribution in [1.29, 1.82) is 0 Å². The summed E-state index contributed by atoms with van der Waals surface area (Å²) in [5.41, 5.74) is 0. The molecule has 3 heteroatoms. The van der Waals surface area contributed by atoms with Crippen molar-refractivity contribution in [1.82, 2.24) is 0 Å². The molecule has 1 aromatic carbocycles. The highest BCUT2D eigenvalue weighted by atomic mass is 16.6. The summed E-state index contributed by atoms with van der Waals surface area (Å²) < 4.78 is 10.5. The van der Waals surface area contributed by atoms with E-state index < -0.39 is 0 Å². The van der Waals surface area contributed by atoms with Gasteiger partial charge in [0.1, 0.15) is 18.5 Å². The predicted molar refractivity (Wildman–Crippen MR) is 57.8 cm³/mol. The zero-order chi connectivity index (χ0) is 11.1. The van der Waals surface area contributed by atoms with Crippen LogP contribution in [0, 0.1) is 0 Å². The van der Waals surface area contributed by atoms with E-state index in [-0.39, 0.29) is 12.1 Å². The second-order valence-electron chi connectivity index (χ2n) is 3.28. The summed E-state index contributed by atoms with van der Waals surface area (Å²) in [6, 6.07) is 9.48. The van der Waals surface area contributed by atoms with Gasteiger partial charge in [-0.25, -0.2) is 0 Å². The second kappa shape index (κ2) is 6.06. The van der Waals surface area contributed by atoms with E-state index in [0.29, 0.717) is 13.0 Å². The van der Waals surface area contributed by atoms with Crippen molar-refractivity contribution >= 4 is 5.97 Å². The lowest BCUT2D eigenvalue weighted by molar-refractivity contribution is -0.145. The fourth-order valence-electron chi connectivity index (χ4n) is 1.08. The minimum absolute atomic E-state index is 0.122. The first-order valence-electron chi connectivity index (χ1n) is 5.09. The Balaban J connectivity index is 2.30. The Labute approximate surface area is 90.0 Å². The molecular formula is C12H16O3. The van der Waals surface area contributed by atoms with Gasteiger partial charge in [0.2, 0.25) is 0 Å². The van der Waals surface area contributed by atoms with Crippen molar-refractivity contribution in [3.63, 3.8) is 0 Å². The molecule has 0 fully saturated rings. The minimum Gasteiger partial charge on any atom is -0.487 e. The standard InChI is InChI=1S/C12H16O3/c1-3-12(13)14-9-10(2)15-11-7-5-4-6-8-11/h4-8,10H,3,9H2,1-2H3/t10-/m0/s1. The summed E-state index contributed by atoms with van der Waals surface area (Å²) in [6.45, 7) is 3.93. The maximum absolute atomic E-state index is 10.9. The molecule has 15 heavy (non-hydrogen) atoms. The number of carbonyl (C=O) groups is 1. The highest BCUT2D eigenvalue weighted by molar-refractivity contribution is 5.68. The van der Waals surface area contributed by atoms with Crippen LogP contribution in [-0.2, 0) is 9.53 Å². The van der Waals surface area contributed by atoms with Gasteiger partial charge in [0.25, 0.3) is 0 Å². The highest BCUT2D eigenvalue weighted by Gasteiger charge is 2.06. The normalized spacial score (nSPS) is 11.9. The molecule has 0 heterocycles. The Bertz CT molecular complexity index is 295. The van der Waals surface area contributed by atoms with Gasteiger partial charge in [0.05, 0.1) is 0 Å². The van der Waals surface area contributed by atoms with Crippen molar-refractivity contribution in [3.8, 4) is 5.75 Å². The number of hydrogen-bond donors (Lipinski definition) is 0. The van der Waals surface area contributed by atoms with E-state index in [1.807, 2.05) is 37.3 Å². The molecule has 0 aromatic heterocycles. The fraction of sp³-hybridized carbons (Fsp3) is 0.417. The van der Waals surface area contributed by atoms with E-state index >= 15 is 0 Å². The average molecular weight is 208 g/mol. The molecule has 3 nitrogen and oxygen atoms in total. The van der Waals surface area contributed by atoms with E-state index in [9.17, 15) is 4.79 Å². The van der Waals surface area contributed by atoms with Crippen LogP contribution < -0.4 is 4.74 Å². The van der Waals surface area contributed by atoms with Gasteiger partial charge in [-0.15, -0.1) is 0 Å². The summed E-state index contributed by atoms with van der Waals surface area (Å²) in [7, 11) is 0. The Morgan fingerprint density at radius 1 is 1.33 bits per heavy atom. The third-order valence-corrected chi connectivity index (χ3v) is 1.85. The fourth-order valence-corrected chi connectivity index (χ4v) is 1.08. The number of rotatable bonds is 5. The van der Waals surface area contributed by atoms with E-state index in [0.717, 1.165) is 5.75 Å². The molecule has 0 amide bonds. The van der Waals surface area contributed by atoms with Crippen LogP contribution in [-0.4, -0.2) is 18.7 Å². The van der Waals surface area contributed by atoms with Gasteiger partial charge in [0, 0.05) is 6.42 Å². The van der Waals surface area contributed by atoms with Crippen LogP contribution in [0.4, 0.5) is 0 Å². The summed E-state index contributed by atoms with van der Waals surface area (Å²) in [6.07, 6.45) is 0.279. The summed E-state index contributed by atoms with van der Waals surface area (Å²) in [5, 5.41) is 0. The van der Waals surface area contributed by atoms with E-state index in [2.05, 4.69) is 0 Å². The molecule has 1 atom stereocenters. The minimum atomic E-state index is -0.196. The molecule has 0 saturated heterocycles. The smallest absolute Gasteiger partial charge is 0.305 e. The molecule has 1 rings (SSSR count). The van der Waals surface area contributed by atoms with Crippen LogP contribution in [0.15, 0.2) is 30.3 Å². The maximum Gasteiger partial charge on any atom is 0.305 e. The van der Waals surface area contributed by atoms with Gasteiger partial charge in [0.15, 0.2) is 0 Å². The van der Waals surface area contributed by atoms with Gasteiger partial charge in [-0.05, 0) is 19.1 Å². The molecule has 0 spiro atoms. The largest absolute Gasteiger partial charge is 0.487 e. The monoisotopic (exact) mass is 208 g/mol. The van der Waals surface area contributed by atoms with Gasteiger partial charge in [-0.2, -0.15) is 0 Å². The molecule has 0 aliphatic carbocycles. The number of hydrogen-bond acceptors (Lipinski definition) is 3. The van der Waals surface area contributed by atoms with Crippen molar-refractivity contribution in [3.05, 3.63) is 30.3 Å². The summed E-state index contributed by atoms with van der Waals surface area (Å²) in [5.74, 6) is 0.594. The molecule has 0 aliphatic heterocycles. The molecule has 0 bridgehead atoms. The lowest BCUT2D eigenvalue weighted by atomic mass is 10.3. The SMILES string of the molecule is CCC(=O)OC[C@H](C)Oc1ccccc1. The van der Waals surface area contributed by atoms with Crippen molar-refractivity contribution in [2.75, 3.05) is 6.61 Å². The Kier molecular flexibility index (Phi) is 4.68. The van der Waals surface area contributed by atoms with Crippen LogP contribution >= 0.6 is 0 Å². The number of esters is 1.